The average Bonchev–Trinajstić information content (AvgIpc) is 2.53. The first-order valence-corrected chi connectivity index (χ1v) is 7.46. The number of benzene rings is 2. The SMILES string of the molecule is CCOc1cc(CNC(=O)c2ccc(F)cc2Cl)ccc1OC. The number of halogens is 2. The van der Waals surface area contributed by atoms with E-state index in [1.165, 1.54) is 12.1 Å². The molecule has 2 aromatic carbocycles. The number of rotatable bonds is 6. The summed E-state index contributed by atoms with van der Waals surface area (Å²) in [5.74, 6) is 0.386. The van der Waals surface area contributed by atoms with Crippen LogP contribution in [0.25, 0.3) is 0 Å². The molecular weight excluding hydrogens is 321 g/mol. The Hall–Kier alpha value is -2.27. The fourth-order valence-corrected chi connectivity index (χ4v) is 2.30. The molecule has 0 saturated carbocycles. The molecule has 0 saturated heterocycles. The van der Waals surface area contributed by atoms with Gasteiger partial charge in [-0.3, -0.25) is 4.79 Å². The molecular formula is C17H17ClFNO3. The predicted molar refractivity (Wildman–Crippen MR) is 86.7 cm³/mol. The monoisotopic (exact) mass is 337 g/mol. The van der Waals surface area contributed by atoms with E-state index in [0.717, 1.165) is 11.6 Å². The van der Waals surface area contributed by atoms with Gasteiger partial charge in [0.15, 0.2) is 11.5 Å². The van der Waals surface area contributed by atoms with E-state index in [0.29, 0.717) is 18.1 Å². The van der Waals surface area contributed by atoms with Crippen LogP contribution in [0.4, 0.5) is 4.39 Å². The largest absolute Gasteiger partial charge is 0.493 e. The smallest absolute Gasteiger partial charge is 0.253 e. The number of methoxy groups -OCH3 is 1. The van der Waals surface area contributed by atoms with Crippen LogP contribution in [-0.4, -0.2) is 19.6 Å². The molecule has 0 aliphatic heterocycles. The quantitative estimate of drug-likeness (QED) is 0.871. The number of ether oxygens (including phenoxy) is 2. The van der Waals surface area contributed by atoms with Gasteiger partial charge in [-0.2, -0.15) is 0 Å². The van der Waals surface area contributed by atoms with Gasteiger partial charge in [0.2, 0.25) is 0 Å². The zero-order chi connectivity index (χ0) is 16.8. The summed E-state index contributed by atoms with van der Waals surface area (Å²) in [4.78, 5) is 12.1. The molecule has 122 valence electrons. The van der Waals surface area contributed by atoms with Crippen molar-refractivity contribution in [3.05, 3.63) is 58.4 Å². The molecule has 23 heavy (non-hydrogen) atoms. The Labute approximate surface area is 139 Å². The average molecular weight is 338 g/mol. The molecule has 0 aromatic heterocycles. The summed E-state index contributed by atoms with van der Waals surface area (Å²) in [7, 11) is 1.57. The highest BCUT2D eigenvalue weighted by Gasteiger charge is 2.11. The first-order valence-electron chi connectivity index (χ1n) is 7.08. The highest BCUT2D eigenvalue weighted by atomic mass is 35.5. The van der Waals surface area contributed by atoms with Gasteiger partial charge >= 0.3 is 0 Å². The number of carbonyl (C=O) groups is 1. The Morgan fingerprint density at radius 3 is 2.65 bits per heavy atom. The highest BCUT2D eigenvalue weighted by molar-refractivity contribution is 6.33. The lowest BCUT2D eigenvalue weighted by Gasteiger charge is -2.12. The third kappa shape index (κ3) is 4.36. The fourth-order valence-electron chi connectivity index (χ4n) is 2.05. The molecule has 0 bridgehead atoms. The van der Waals surface area contributed by atoms with Gasteiger partial charge in [-0.1, -0.05) is 17.7 Å². The molecule has 0 atom stereocenters. The Morgan fingerprint density at radius 2 is 2.00 bits per heavy atom. The molecule has 0 unspecified atom stereocenters. The topological polar surface area (TPSA) is 47.6 Å². The first kappa shape index (κ1) is 17.1. The normalized spacial score (nSPS) is 10.3. The van der Waals surface area contributed by atoms with Crippen LogP contribution in [0.3, 0.4) is 0 Å². The number of hydrogen-bond acceptors (Lipinski definition) is 3. The van der Waals surface area contributed by atoms with Crippen molar-refractivity contribution >= 4 is 17.5 Å². The summed E-state index contributed by atoms with van der Waals surface area (Å²) in [5, 5.41) is 2.82. The molecule has 0 spiro atoms. The van der Waals surface area contributed by atoms with E-state index in [4.69, 9.17) is 21.1 Å². The molecule has 6 heteroatoms. The molecule has 0 radical (unpaired) electrons. The zero-order valence-corrected chi connectivity index (χ0v) is 13.6. The minimum absolute atomic E-state index is 0.0761. The standard InChI is InChI=1S/C17H17ClFNO3/c1-3-23-16-8-11(4-7-15(16)22-2)10-20-17(21)13-6-5-12(19)9-14(13)18/h4-9H,3,10H2,1-2H3,(H,20,21). The van der Waals surface area contributed by atoms with Crippen LogP contribution in [0.1, 0.15) is 22.8 Å². The van der Waals surface area contributed by atoms with Gasteiger partial charge in [-0.15, -0.1) is 0 Å². The van der Waals surface area contributed by atoms with Crippen LogP contribution in [0.15, 0.2) is 36.4 Å². The van der Waals surface area contributed by atoms with Crippen molar-refractivity contribution in [2.45, 2.75) is 13.5 Å². The molecule has 0 aliphatic rings. The molecule has 2 aromatic rings. The lowest BCUT2D eigenvalue weighted by atomic mass is 10.1. The molecule has 0 aliphatic carbocycles. The second kappa shape index (κ2) is 7.83. The van der Waals surface area contributed by atoms with Crippen molar-refractivity contribution in [1.82, 2.24) is 5.32 Å². The number of hydrogen-bond donors (Lipinski definition) is 1. The van der Waals surface area contributed by atoms with Crippen molar-refractivity contribution in [3.63, 3.8) is 0 Å². The van der Waals surface area contributed by atoms with Crippen molar-refractivity contribution in [1.29, 1.82) is 0 Å². The van der Waals surface area contributed by atoms with Crippen LogP contribution >= 0.6 is 11.6 Å². The second-order valence-corrected chi connectivity index (χ2v) is 5.13. The summed E-state index contributed by atoms with van der Waals surface area (Å²) < 4.78 is 23.7. The van der Waals surface area contributed by atoms with E-state index in [-0.39, 0.29) is 23.0 Å². The molecule has 0 fully saturated rings. The summed E-state index contributed by atoms with van der Waals surface area (Å²) in [6.45, 7) is 2.68. The maximum Gasteiger partial charge on any atom is 0.253 e. The number of carbonyl (C=O) groups excluding carboxylic acids is 1. The minimum Gasteiger partial charge on any atom is -0.493 e. The van der Waals surface area contributed by atoms with Gasteiger partial charge in [0.25, 0.3) is 5.91 Å². The lowest BCUT2D eigenvalue weighted by Crippen LogP contribution is -2.23. The van der Waals surface area contributed by atoms with Crippen molar-refractivity contribution in [2.75, 3.05) is 13.7 Å². The Bertz CT molecular complexity index is 706. The second-order valence-electron chi connectivity index (χ2n) is 4.73. The van der Waals surface area contributed by atoms with Crippen molar-refractivity contribution in [2.24, 2.45) is 0 Å². The lowest BCUT2D eigenvalue weighted by molar-refractivity contribution is 0.0951. The first-order chi connectivity index (χ1) is 11.0. The maximum absolute atomic E-state index is 13.0. The number of amides is 1. The van der Waals surface area contributed by atoms with Gasteiger partial charge in [0.05, 0.1) is 24.3 Å². The fraction of sp³-hybridized carbons (Fsp3) is 0.235. The van der Waals surface area contributed by atoms with Crippen LogP contribution < -0.4 is 14.8 Å². The van der Waals surface area contributed by atoms with Crippen LogP contribution in [0.5, 0.6) is 11.5 Å². The van der Waals surface area contributed by atoms with Crippen molar-refractivity contribution < 1.29 is 18.7 Å². The van der Waals surface area contributed by atoms with E-state index in [9.17, 15) is 9.18 Å². The molecule has 0 heterocycles. The van der Waals surface area contributed by atoms with Gasteiger partial charge < -0.3 is 14.8 Å². The Kier molecular flexibility index (Phi) is 5.82. The molecule has 1 N–H and O–H groups in total. The van der Waals surface area contributed by atoms with Gasteiger partial charge in [-0.05, 0) is 42.8 Å². The maximum atomic E-state index is 13.0. The van der Waals surface area contributed by atoms with Crippen LogP contribution in [0.2, 0.25) is 5.02 Å². The highest BCUT2D eigenvalue weighted by Crippen LogP contribution is 2.28. The van der Waals surface area contributed by atoms with E-state index in [2.05, 4.69) is 5.32 Å². The Balaban J connectivity index is 2.08. The van der Waals surface area contributed by atoms with Gasteiger partial charge in [-0.25, -0.2) is 4.39 Å². The van der Waals surface area contributed by atoms with Crippen LogP contribution in [-0.2, 0) is 6.54 Å². The molecule has 1 amide bonds. The zero-order valence-electron chi connectivity index (χ0n) is 12.9. The minimum atomic E-state index is -0.483. The van der Waals surface area contributed by atoms with E-state index < -0.39 is 5.82 Å². The van der Waals surface area contributed by atoms with Crippen LogP contribution in [0, 0.1) is 5.82 Å². The van der Waals surface area contributed by atoms with E-state index >= 15 is 0 Å². The summed E-state index contributed by atoms with van der Waals surface area (Å²) >= 11 is 5.87. The third-order valence-electron chi connectivity index (χ3n) is 3.16. The van der Waals surface area contributed by atoms with Gasteiger partial charge in [0.1, 0.15) is 5.82 Å². The Morgan fingerprint density at radius 1 is 1.22 bits per heavy atom. The van der Waals surface area contributed by atoms with Crippen molar-refractivity contribution in [3.8, 4) is 11.5 Å². The van der Waals surface area contributed by atoms with E-state index in [1.807, 2.05) is 13.0 Å². The summed E-state index contributed by atoms with van der Waals surface area (Å²) in [6.07, 6.45) is 0. The van der Waals surface area contributed by atoms with Gasteiger partial charge in [0, 0.05) is 6.54 Å². The molecule has 4 nitrogen and oxygen atoms in total. The van der Waals surface area contributed by atoms with E-state index in [1.54, 1.807) is 19.2 Å². The summed E-state index contributed by atoms with van der Waals surface area (Å²) in [6, 6.07) is 9.06. The predicted octanol–water partition coefficient (Wildman–Crippen LogP) is 3.82. The summed E-state index contributed by atoms with van der Waals surface area (Å²) in [5.41, 5.74) is 1.08. The third-order valence-corrected chi connectivity index (χ3v) is 3.47. The molecule has 2 rings (SSSR count). The number of nitrogens with one attached hydrogen (secondary N) is 1.